The van der Waals surface area contributed by atoms with Gasteiger partial charge in [-0.2, -0.15) is 0 Å². The molecule has 0 heterocycles. The minimum absolute atomic E-state index is 0. The molecular formula is C16H28ClN3O4S2. The number of hydrogen-bond acceptors (Lipinski definition) is 5. The maximum absolute atomic E-state index is 12.6. The van der Waals surface area contributed by atoms with Gasteiger partial charge in [0.25, 0.3) is 0 Å². The molecular weight excluding hydrogens is 398 g/mol. The lowest BCUT2D eigenvalue weighted by Gasteiger charge is -2.30. The fraction of sp³-hybridized carbons (Fsp3) is 0.625. The molecule has 10 heteroatoms. The average molecular weight is 426 g/mol. The van der Waals surface area contributed by atoms with Crippen LogP contribution in [-0.2, 0) is 20.0 Å². The second kappa shape index (κ2) is 8.53. The van der Waals surface area contributed by atoms with Gasteiger partial charge in [-0.1, -0.05) is 13.8 Å². The molecule has 0 radical (unpaired) electrons. The molecule has 1 aliphatic rings. The van der Waals surface area contributed by atoms with Crippen molar-refractivity contribution in [3.05, 3.63) is 24.3 Å². The van der Waals surface area contributed by atoms with E-state index in [1.807, 2.05) is 13.8 Å². The van der Waals surface area contributed by atoms with Crippen molar-refractivity contribution in [1.29, 1.82) is 0 Å². The van der Waals surface area contributed by atoms with Crippen LogP contribution in [0.1, 0.15) is 40.0 Å². The minimum Gasteiger partial charge on any atom is -0.329 e. The van der Waals surface area contributed by atoms with Crippen LogP contribution in [0.4, 0.5) is 0 Å². The maximum Gasteiger partial charge on any atom is 0.241 e. The number of nitrogens with one attached hydrogen (secondary N) is 2. The van der Waals surface area contributed by atoms with Gasteiger partial charge in [0.15, 0.2) is 0 Å². The van der Waals surface area contributed by atoms with Crippen LogP contribution in [-0.4, -0.2) is 35.0 Å². The number of hydrogen-bond donors (Lipinski definition) is 3. The van der Waals surface area contributed by atoms with Crippen molar-refractivity contribution in [3.8, 4) is 0 Å². The Morgan fingerprint density at radius 1 is 1.08 bits per heavy atom. The van der Waals surface area contributed by atoms with E-state index in [0.29, 0.717) is 6.42 Å². The van der Waals surface area contributed by atoms with E-state index >= 15 is 0 Å². The Labute approximate surface area is 162 Å². The Bertz CT molecular complexity index is 806. The summed E-state index contributed by atoms with van der Waals surface area (Å²) in [6.07, 6.45) is 2.27. The SMILES string of the molecule is CC(C)CC(C)(CN)NS(=O)(=O)c1ccc(S(=O)(=O)NC2CC2)cc1.Cl. The fourth-order valence-electron chi connectivity index (χ4n) is 2.74. The predicted molar refractivity (Wildman–Crippen MR) is 104 cm³/mol. The standard InChI is InChI=1S/C16H27N3O4S2.ClH/c1-12(2)10-16(3,11-17)19-25(22,23)15-8-6-14(7-9-15)24(20,21)18-13-4-5-13;/h6-9,12-13,18-19H,4-5,10-11,17H2,1-3H3;1H. The molecule has 7 nitrogen and oxygen atoms in total. The third-order valence-corrected chi connectivity index (χ3v) is 7.22. The second-order valence-electron chi connectivity index (χ2n) is 7.34. The molecule has 1 saturated carbocycles. The summed E-state index contributed by atoms with van der Waals surface area (Å²) in [5, 5.41) is 0. The van der Waals surface area contributed by atoms with E-state index < -0.39 is 25.6 Å². The Balaban J connectivity index is 0.00000338. The highest BCUT2D eigenvalue weighted by Gasteiger charge is 2.31. The molecule has 0 saturated heterocycles. The topological polar surface area (TPSA) is 118 Å². The highest BCUT2D eigenvalue weighted by atomic mass is 35.5. The molecule has 0 spiro atoms. The van der Waals surface area contributed by atoms with Gasteiger partial charge in [0.2, 0.25) is 20.0 Å². The van der Waals surface area contributed by atoms with Gasteiger partial charge in [-0.3, -0.25) is 0 Å². The van der Waals surface area contributed by atoms with Gasteiger partial charge < -0.3 is 5.73 Å². The smallest absolute Gasteiger partial charge is 0.241 e. The molecule has 1 fully saturated rings. The summed E-state index contributed by atoms with van der Waals surface area (Å²) >= 11 is 0. The lowest BCUT2D eigenvalue weighted by Crippen LogP contribution is -2.51. The summed E-state index contributed by atoms with van der Waals surface area (Å²) in [6, 6.07) is 5.21. The normalized spacial score (nSPS) is 17.6. The molecule has 0 bridgehead atoms. The van der Waals surface area contributed by atoms with Gasteiger partial charge in [0.1, 0.15) is 0 Å². The van der Waals surface area contributed by atoms with Crippen LogP contribution < -0.4 is 15.2 Å². The third-order valence-electron chi connectivity index (χ3n) is 4.03. The van der Waals surface area contributed by atoms with Crippen LogP contribution in [0.15, 0.2) is 34.1 Å². The Kier molecular flexibility index (Phi) is 7.66. The van der Waals surface area contributed by atoms with Crippen LogP contribution >= 0.6 is 12.4 Å². The lowest BCUT2D eigenvalue weighted by molar-refractivity contribution is 0.344. The fourth-order valence-corrected chi connectivity index (χ4v) is 5.47. The summed E-state index contributed by atoms with van der Waals surface area (Å²) in [5.41, 5.74) is 5.00. The number of halogens is 1. The van der Waals surface area contributed by atoms with Gasteiger partial charge >= 0.3 is 0 Å². The van der Waals surface area contributed by atoms with E-state index in [-0.39, 0.29) is 40.7 Å². The number of benzene rings is 1. The van der Waals surface area contributed by atoms with E-state index in [4.69, 9.17) is 5.73 Å². The van der Waals surface area contributed by atoms with Crippen LogP contribution in [0.25, 0.3) is 0 Å². The van der Waals surface area contributed by atoms with Gasteiger partial charge in [-0.15, -0.1) is 12.4 Å². The maximum atomic E-state index is 12.6. The first-order valence-corrected chi connectivity index (χ1v) is 11.3. The van der Waals surface area contributed by atoms with Crippen molar-refractivity contribution >= 4 is 32.5 Å². The van der Waals surface area contributed by atoms with Crippen LogP contribution in [0, 0.1) is 5.92 Å². The number of nitrogens with two attached hydrogens (primary N) is 1. The van der Waals surface area contributed by atoms with Crippen molar-refractivity contribution in [1.82, 2.24) is 9.44 Å². The van der Waals surface area contributed by atoms with Crippen molar-refractivity contribution < 1.29 is 16.8 Å². The van der Waals surface area contributed by atoms with Gasteiger partial charge in [0.05, 0.1) is 9.79 Å². The highest BCUT2D eigenvalue weighted by molar-refractivity contribution is 7.90. The Hall–Kier alpha value is -0.710. The van der Waals surface area contributed by atoms with Crippen LogP contribution in [0.3, 0.4) is 0 Å². The largest absolute Gasteiger partial charge is 0.329 e. The summed E-state index contributed by atoms with van der Waals surface area (Å²) in [7, 11) is -7.39. The van der Waals surface area contributed by atoms with E-state index in [2.05, 4.69) is 9.44 Å². The van der Waals surface area contributed by atoms with Gasteiger partial charge in [0, 0.05) is 18.1 Å². The number of sulfonamides is 2. The molecule has 1 atom stereocenters. The van der Waals surface area contributed by atoms with Crippen molar-refractivity contribution in [2.75, 3.05) is 6.54 Å². The zero-order valence-electron chi connectivity index (χ0n) is 15.2. The highest BCUT2D eigenvalue weighted by Crippen LogP contribution is 2.23. The molecule has 150 valence electrons. The van der Waals surface area contributed by atoms with Crippen molar-refractivity contribution in [3.63, 3.8) is 0 Å². The molecule has 2 rings (SSSR count). The van der Waals surface area contributed by atoms with Crippen molar-refractivity contribution in [2.45, 2.75) is 61.4 Å². The summed E-state index contributed by atoms with van der Waals surface area (Å²) in [5.74, 6) is 0.275. The Morgan fingerprint density at radius 3 is 1.92 bits per heavy atom. The molecule has 1 unspecified atom stereocenters. The van der Waals surface area contributed by atoms with Crippen LogP contribution in [0.5, 0.6) is 0 Å². The van der Waals surface area contributed by atoms with Gasteiger partial charge in [-0.25, -0.2) is 26.3 Å². The molecule has 0 aromatic heterocycles. The molecule has 0 amide bonds. The van der Waals surface area contributed by atoms with Crippen LogP contribution in [0.2, 0.25) is 0 Å². The minimum atomic E-state index is -3.79. The third kappa shape index (κ3) is 6.17. The quantitative estimate of drug-likeness (QED) is 0.555. The van der Waals surface area contributed by atoms with E-state index in [0.717, 1.165) is 12.8 Å². The van der Waals surface area contributed by atoms with E-state index in [1.165, 1.54) is 24.3 Å². The molecule has 1 aromatic rings. The Morgan fingerprint density at radius 2 is 1.54 bits per heavy atom. The lowest BCUT2D eigenvalue weighted by atomic mass is 9.92. The zero-order chi connectivity index (χ0) is 18.9. The van der Waals surface area contributed by atoms with E-state index in [1.54, 1.807) is 6.92 Å². The monoisotopic (exact) mass is 425 g/mol. The first-order valence-electron chi connectivity index (χ1n) is 8.34. The molecule has 1 aromatic carbocycles. The summed E-state index contributed by atoms with van der Waals surface area (Å²) in [4.78, 5) is 0.0726. The molecule has 1 aliphatic carbocycles. The predicted octanol–water partition coefficient (Wildman–Crippen LogP) is 1.59. The molecule has 26 heavy (non-hydrogen) atoms. The summed E-state index contributed by atoms with van der Waals surface area (Å²) < 4.78 is 54.7. The zero-order valence-corrected chi connectivity index (χ0v) is 17.7. The van der Waals surface area contributed by atoms with Gasteiger partial charge in [-0.05, 0) is 56.4 Å². The summed E-state index contributed by atoms with van der Waals surface area (Å²) in [6.45, 7) is 5.93. The first-order chi connectivity index (χ1) is 11.5. The van der Waals surface area contributed by atoms with E-state index in [9.17, 15) is 16.8 Å². The molecule has 0 aliphatic heterocycles. The average Bonchev–Trinajstić information content (AvgIpc) is 3.29. The molecule has 4 N–H and O–H groups in total. The number of rotatable bonds is 9. The second-order valence-corrected chi connectivity index (χ2v) is 10.7. The van der Waals surface area contributed by atoms with Crippen molar-refractivity contribution in [2.24, 2.45) is 11.7 Å². The first kappa shape index (κ1) is 23.3.